The first-order valence-corrected chi connectivity index (χ1v) is 6.41. The molecule has 5 nitrogen and oxygen atoms in total. The molecule has 0 saturated heterocycles. The Hall–Kier alpha value is -2.06. The van der Waals surface area contributed by atoms with E-state index in [-0.39, 0.29) is 24.4 Å². The molecule has 0 fully saturated rings. The zero-order valence-corrected chi connectivity index (χ0v) is 11.9. The number of alkyl halides is 3. The van der Waals surface area contributed by atoms with Crippen molar-refractivity contribution in [3.8, 4) is 0 Å². The van der Waals surface area contributed by atoms with Gasteiger partial charge in [0, 0.05) is 6.20 Å². The molecular formula is C14H17F3N2O3. The zero-order valence-electron chi connectivity index (χ0n) is 11.9. The lowest BCUT2D eigenvalue weighted by Crippen LogP contribution is -2.32. The van der Waals surface area contributed by atoms with Gasteiger partial charge in [-0.25, -0.2) is 4.79 Å². The van der Waals surface area contributed by atoms with Gasteiger partial charge in [-0.2, -0.15) is 13.2 Å². The summed E-state index contributed by atoms with van der Waals surface area (Å²) in [4.78, 5) is 11.5. The van der Waals surface area contributed by atoms with E-state index < -0.39 is 23.9 Å². The summed E-state index contributed by atoms with van der Waals surface area (Å²) in [6.45, 7) is 1.54. The fraction of sp³-hybridized carbons (Fsp3) is 0.357. The second-order valence-corrected chi connectivity index (χ2v) is 4.27. The minimum atomic E-state index is -4.44. The van der Waals surface area contributed by atoms with Crippen molar-refractivity contribution < 1.29 is 27.4 Å². The van der Waals surface area contributed by atoms with Gasteiger partial charge < -0.3 is 20.9 Å². The van der Waals surface area contributed by atoms with Crippen LogP contribution in [0.3, 0.4) is 0 Å². The molecule has 0 aromatic heterocycles. The lowest BCUT2D eigenvalue weighted by atomic mass is 10.1. The third-order valence-corrected chi connectivity index (χ3v) is 2.68. The average molecular weight is 318 g/mol. The molecule has 8 heteroatoms. The second kappa shape index (κ2) is 7.81. The molecular weight excluding hydrogens is 301 g/mol. The van der Waals surface area contributed by atoms with Crippen molar-refractivity contribution in [2.24, 2.45) is 11.5 Å². The molecule has 122 valence electrons. The number of hydrogen-bond acceptors (Lipinski definition) is 5. The van der Waals surface area contributed by atoms with Crippen molar-refractivity contribution in [1.82, 2.24) is 0 Å². The molecule has 0 aliphatic rings. The largest absolute Gasteiger partial charge is 0.462 e. The topological polar surface area (TPSA) is 87.6 Å². The summed E-state index contributed by atoms with van der Waals surface area (Å²) in [5.74, 6) is -0.735. The highest BCUT2D eigenvalue weighted by Gasteiger charge is 2.30. The van der Waals surface area contributed by atoms with Crippen molar-refractivity contribution in [3.63, 3.8) is 0 Å². The number of rotatable bonds is 6. The summed E-state index contributed by atoms with van der Waals surface area (Å²) >= 11 is 0. The number of halogens is 3. The summed E-state index contributed by atoms with van der Waals surface area (Å²) in [6.07, 6.45) is -4.68. The van der Waals surface area contributed by atoms with E-state index in [1.54, 1.807) is 6.92 Å². The summed E-state index contributed by atoms with van der Waals surface area (Å²) in [6, 6.07) is 4.62. The van der Waals surface area contributed by atoms with Gasteiger partial charge in [0.1, 0.15) is 6.23 Å². The van der Waals surface area contributed by atoms with Crippen molar-refractivity contribution in [3.05, 3.63) is 47.2 Å². The Morgan fingerprint density at radius 2 is 2.09 bits per heavy atom. The van der Waals surface area contributed by atoms with Gasteiger partial charge in [-0.1, -0.05) is 12.1 Å². The quantitative estimate of drug-likeness (QED) is 0.475. The molecule has 1 aromatic rings. The molecule has 1 aromatic carbocycles. The molecule has 1 unspecified atom stereocenters. The minimum Gasteiger partial charge on any atom is -0.462 e. The maximum Gasteiger partial charge on any atom is 0.416 e. The maximum absolute atomic E-state index is 12.6. The van der Waals surface area contributed by atoms with E-state index in [0.717, 1.165) is 18.3 Å². The molecule has 4 N–H and O–H groups in total. The van der Waals surface area contributed by atoms with Crippen molar-refractivity contribution in [2.45, 2.75) is 25.9 Å². The third-order valence-electron chi connectivity index (χ3n) is 2.68. The molecule has 22 heavy (non-hydrogen) atoms. The van der Waals surface area contributed by atoms with E-state index in [2.05, 4.69) is 0 Å². The van der Waals surface area contributed by atoms with Gasteiger partial charge in [0.05, 0.1) is 24.4 Å². The highest BCUT2D eigenvalue weighted by atomic mass is 19.4. The van der Waals surface area contributed by atoms with Crippen LogP contribution in [0.5, 0.6) is 0 Å². The number of benzene rings is 1. The van der Waals surface area contributed by atoms with Crippen LogP contribution in [0.25, 0.3) is 0 Å². The van der Waals surface area contributed by atoms with Crippen molar-refractivity contribution in [1.29, 1.82) is 0 Å². The molecule has 0 saturated carbocycles. The van der Waals surface area contributed by atoms with Crippen molar-refractivity contribution in [2.75, 3.05) is 6.61 Å². The van der Waals surface area contributed by atoms with Gasteiger partial charge in [0.25, 0.3) is 0 Å². The van der Waals surface area contributed by atoms with Crippen LogP contribution in [0.2, 0.25) is 0 Å². The summed E-state index contributed by atoms with van der Waals surface area (Å²) < 4.78 is 47.7. The number of esters is 1. The molecule has 0 radical (unpaired) electrons. The lowest BCUT2D eigenvalue weighted by molar-refractivity contribution is -0.140. The summed E-state index contributed by atoms with van der Waals surface area (Å²) in [7, 11) is 0. The van der Waals surface area contributed by atoms with Crippen LogP contribution in [0.15, 0.2) is 36.0 Å². The zero-order chi connectivity index (χ0) is 16.8. The summed E-state index contributed by atoms with van der Waals surface area (Å²) in [5.41, 5.74) is 10.3. The Bertz CT molecular complexity index is 544. The predicted molar refractivity (Wildman–Crippen MR) is 73.1 cm³/mol. The summed E-state index contributed by atoms with van der Waals surface area (Å²) in [5, 5.41) is 0. The molecule has 1 rings (SSSR count). The van der Waals surface area contributed by atoms with E-state index in [9.17, 15) is 18.0 Å². The van der Waals surface area contributed by atoms with E-state index >= 15 is 0 Å². The number of ether oxygens (including phenoxy) is 2. The van der Waals surface area contributed by atoms with Crippen molar-refractivity contribution >= 4 is 5.97 Å². The van der Waals surface area contributed by atoms with Gasteiger partial charge >= 0.3 is 12.1 Å². The van der Waals surface area contributed by atoms with E-state index in [1.165, 1.54) is 12.1 Å². The Kier molecular flexibility index (Phi) is 6.39. The third kappa shape index (κ3) is 5.05. The standard InChI is InChI=1S/C14H17F3N2O3/c1-2-21-13(20)11(7-18)12(19)22-8-9-4-3-5-10(6-9)14(15,16)17/h3-7,12H,2,8,18-19H2,1H3/b11-7+. The maximum atomic E-state index is 12.6. The number of nitrogens with two attached hydrogens (primary N) is 2. The highest BCUT2D eigenvalue weighted by Crippen LogP contribution is 2.29. The monoisotopic (exact) mass is 318 g/mol. The fourth-order valence-corrected chi connectivity index (χ4v) is 1.61. The van der Waals surface area contributed by atoms with Crippen LogP contribution >= 0.6 is 0 Å². The minimum absolute atomic E-state index is 0.103. The molecule has 0 aliphatic heterocycles. The fourth-order valence-electron chi connectivity index (χ4n) is 1.61. The van der Waals surface area contributed by atoms with E-state index in [4.69, 9.17) is 20.9 Å². The van der Waals surface area contributed by atoms with Gasteiger partial charge in [0.15, 0.2) is 0 Å². The van der Waals surface area contributed by atoms with Crippen LogP contribution < -0.4 is 11.5 Å². The smallest absolute Gasteiger partial charge is 0.416 e. The average Bonchev–Trinajstić information content (AvgIpc) is 2.45. The van der Waals surface area contributed by atoms with E-state index in [1.807, 2.05) is 0 Å². The first-order chi connectivity index (χ1) is 10.3. The first-order valence-electron chi connectivity index (χ1n) is 6.41. The number of hydrogen-bond donors (Lipinski definition) is 2. The number of carbonyl (C=O) groups excluding carboxylic acids is 1. The molecule has 0 spiro atoms. The molecule has 1 atom stereocenters. The molecule has 0 amide bonds. The SMILES string of the molecule is CCOC(=O)/C(=C/N)C(N)OCc1cccc(C(F)(F)F)c1. The van der Waals surface area contributed by atoms with Crippen LogP contribution in [-0.4, -0.2) is 18.8 Å². The Labute approximate surface area is 125 Å². The van der Waals surface area contributed by atoms with Crippen LogP contribution in [0, 0.1) is 0 Å². The van der Waals surface area contributed by atoms with Crippen LogP contribution in [0.4, 0.5) is 13.2 Å². The Balaban J connectivity index is 2.71. The first kappa shape index (κ1) is 18.0. The second-order valence-electron chi connectivity index (χ2n) is 4.27. The normalized spacial score (nSPS) is 13.8. The van der Waals surface area contributed by atoms with Gasteiger partial charge in [-0.3, -0.25) is 0 Å². The molecule has 0 bridgehead atoms. The van der Waals surface area contributed by atoms with Crippen LogP contribution in [0.1, 0.15) is 18.1 Å². The molecule has 0 aliphatic carbocycles. The van der Waals surface area contributed by atoms with Gasteiger partial charge in [0.2, 0.25) is 0 Å². The number of carbonyl (C=O) groups is 1. The van der Waals surface area contributed by atoms with E-state index in [0.29, 0.717) is 0 Å². The van der Waals surface area contributed by atoms with Gasteiger partial charge in [-0.15, -0.1) is 0 Å². The Morgan fingerprint density at radius 1 is 1.41 bits per heavy atom. The Morgan fingerprint density at radius 3 is 2.64 bits per heavy atom. The highest BCUT2D eigenvalue weighted by molar-refractivity contribution is 5.89. The van der Waals surface area contributed by atoms with Crippen LogP contribution in [-0.2, 0) is 27.1 Å². The van der Waals surface area contributed by atoms with Gasteiger partial charge in [-0.05, 0) is 24.6 Å². The lowest BCUT2D eigenvalue weighted by Gasteiger charge is -2.16. The molecule has 0 heterocycles. The predicted octanol–water partition coefficient (Wildman–Crippen LogP) is 1.91.